The van der Waals surface area contributed by atoms with Crippen LogP contribution in [0.15, 0.2) is 53.0 Å². The lowest BCUT2D eigenvalue weighted by Crippen LogP contribution is -2.23. The average Bonchev–Trinajstić information content (AvgIpc) is 3.28. The fourth-order valence-electron chi connectivity index (χ4n) is 2.33. The van der Waals surface area contributed by atoms with Gasteiger partial charge in [-0.2, -0.15) is 0 Å². The van der Waals surface area contributed by atoms with Crippen LogP contribution >= 0.6 is 23.1 Å². The molecule has 0 N–H and O–H groups in total. The van der Waals surface area contributed by atoms with E-state index in [0.717, 1.165) is 28.8 Å². The maximum atomic E-state index is 11.9. The molecule has 0 saturated heterocycles. The van der Waals surface area contributed by atoms with E-state index in [2.05, 4.69) is 26.9 Å². The third-order valence-corrected chi connectivity index (χ3v) is 5.57. The Balaban J connectivity index is 1.81. The van der Waals surface area contributed by atoms with Gasteiger partial charge >= 0.3 is 0 Å². The standard InChI is InChI=1S/C18H20N4OS2/c1-21(2)16(23)13-25-18-20-19-17(15-9-6-12-24-15)22(18)11-10-14-7-4-3-5-8-14/h3-9,12H,10-11,13H2,1-2H3. The number of aromatic nitrogens is 3. The molecule has 0 atom stereocenters. The number of aryl methyl sites for hydroxylation is 1. The van der Waals surface area contributed by atoms with E-state index in [1.54, 1.807) is 30.3 Å². The smallest absolute Gasteiger partial charge is 0.232 e. The van der Waals surface area contributed by atoms with E-state index in [9.17, 15) is 4.79 Å². The third-order valence-electron chi connectivity index (χ3n) is 3.75. The van der Waals surface area contributed by atoms with Crippen molar-refractivity contribution in [2.24, 2.45) is 0 Å². The van der Waals surface area contributed by atoms with Gasteiger partial charge in [0.25, 0.3) is 0 Å². The van der Waals surface area contributed by atoms with Gasteiger partial charge in [0.05, 0.1) is 10.6 Å². The molecule has 25 heavy (non-hydrogen) atoms. The average molecular weight is 373 g/mol. The normalized spacial score (nSPS) is 10.8. The van der Waals surface area contributed by atoms with Crippen molar-refractivity contribution in [1.29, 1.82) is 0 Å². The fraction of sp³-hybridized carbons (Fsp3) is 0.278. The van der Waals surface area contributed by atoms with Gasteiger partial charge in [0.2, 0.25) is 5.91 Å². The maximum Gasteiger partial charge on any atom is 0.232 e. The Hall–Kier alpha value is -2.12. The van der Waals surface area contributed by atoms with E-state index < -0.39 is 0 Å². The van der Waals surface area contributed by atoms with E-state index in [1.807, 2.05) is 35.7 Å². The molecule has 1 amide bonds. The van der Waals surface area contributed by atoms with Gasteiger partial charge in [-0.15, -0.1) is 21.5 Å². The van der Waals surface area contributed by atoms with Gasteiger partial charge < -0.3 is 9.47 Å². The minimum Gasteiger partial charge on any atom is -0.348 e. The molecule has 1 aromatic carbocycles. The van der Waals surface area contributed by atoms with Crippen molar-refractivity contribution in [2.45, 2.75) is 18.1 Å². The highest BCUT2D eigenvalue weighted by atomic mass is 32.2. The molecule has 2 aromatic heterocycles. The summed E-state index contributed by atoms with van der Waals surface area (Å²) in [6, 6.07) is 14.4. The first-order valence-electron chi connectivity index (χ1n) is 7.99. The molecular weight excluding hydrogens is 352 g/mol. The first kappa shape index (κ1) is 17.7. The highest BCUT2D eigenvalue weighted by Crippen LogP contribution is 2.27. The van der Waals surface area contributed by atoms with Gasteiger partial charge in [-0.05, 0) is 23.4 Å². The van der Waals surface area contributed by atoms with Crippen LogP contribution in [0, 0.1) is 0 Å². The molecular formula is C18H20N4OS2. The Morgan fingerprint density at radius 1 is 1.16 bits per heavy atom. The molecule has 0 radical (unpaired) electrons. The number of hydrogen-bond donors (Lipinski definition) is 0. The lowest BCUT2D eigenvalue weighted by atomic mass is 10.1. The van der Waals surface area contributed by atoms with E-state index in [4.69, 9.17) is 0 Å². The van der Waals surface area contributed by atoms with Crippen LogP contribution in [0.4, 0.5) is 0 Å². The van der Waals surface area contributed by atoms with E-state index >= 15 is 0 Å². The number of hydrogen-bond acceptors (Lipinski definition) is 5. The topological polar surface area (TPSA) is 51.0 Å². The first-order chi connectivity index (χ1) is 12.1. The summed E-state index contributed by atoms with van der Waals surface area (Å²) in [4.78, 5) is 14.6. The van der Waals surface area contributed by atoms with Crippen molar-refractivity contribution < 1.29 is 4.79 Å². The second-order valence-corrected chi connectivity index (χ2v) is 7.64. The predicted molar refractivity (Wildman–Crippen MR) is 103 cm³/mol. The number of benzene rings is 1. The van der Waals surface area contributed by atoms with Crippen LogP contribution in [-0.4, -0.2) is 45.4 Å². The molecule has 0 aliphatic heterocycles. The highest BCUT2D eigenvalue weighted by Gasteiger charge is 2.16. The van der Waals surface area contributed by atoms with Crippen molar-refractivity contribution in [2.75, 3.05) is 19.8 Å². The monoisotopic (exact) mass is 372 g/mol. The highest BCUT2D eigenvalue weighted by molar-refractivity contribution is 7.99. The second kappa shape index (κ2) is 8.31. The molecule has 5 nitrogen and oxygen atoms in total. The Labute approximate surface area is 155 Å². The fourth-order valence-corrected chi connectivity index (χ4v) is 3.99. The lowest BCUT2D eigenvalue weighted by Gasteiger charge is -2.11. The predicted octanol–water partition coefficient (Wildman–Crippen LogP) is 3.43. The minimum absolute atomic E-state index is 0.0697. The molecule has 0 bridgehead atoms. The van der Waals surface area contributed by atoms with E-state index in [-0.39, 0.29) is 5.91 Å². The summed E-state index contributed by atoms with van der Waals surface area (Å²) in [5, 5.41) is 11.5. The van der Waals surface area contributed by atoms with Gasteiger partial charge in [-0.3, -0.25) is 4.79 Å². The van der Waals surface area contributed by atoms with Crippen LogP contribution in [-0.2, 0) is 17.8 Å². The quantitative estimate of drug-likeness (QED) is 0.596. The second-order valence-electron chi connectivity index (χ2n) is 5.75. The number of rotatable bonds is 7. The van der Waals surface area contributed by atoms with Crippen LogP contribution in [0.1, 0.15) is 5.56 Å². The summed E-state index contributed by atoms with van der Waals surface area (Å²) in [7, 11) is 3.53. The summed E-state index contributed by atoms with van der Waals surface area (Å²) in [5.74, 6) is 1.30. The zero-order chi connectivity index (χ0) is 17.6. The molecule has 0 aliphatic carbocycles. The Bertz CT molecular complexity index is 813. The number of thiophene rings is 1. The molecule has 2 heterocycles. The number of carbonyl (C=O) groups excluding carboxylic acids is 1. The zero-order valence-corrected chi connectivity index (χ0v) is 15.9. The van der Waals surface area contributed by atoms with E-state index in [0.29, 0.717) is 5.75 Å². The Morgan fingerprint density at radius 3 is 2.64 bits per heavy atom. The Kier molecular flexibility index (Phi) is 5.88. The molecule has 3 rings (SSSR count). The van der Waals surface area contributed by atoms with Crippen LogP contribution in [0.25, 0.3) is 10.7 Å². The SMILES string of the molecule is CN(C)C(=O)CSc1nnc(-c2cccs2)n1CCc1ccccc1. The van der Waals surface area contributed by atoms with Crippen molar-refractivity contribution in [1.82, 2.24) is 19.7 Å². The van der Waals surface area contributed by atoms with Crippen molar-refractivity contribution in [3.05, 3.63) is 53.4 Å². The summed E-state index contributed by atoms with van der Waals surface area (Å²) < 4.78 is 2.12. The minimum atomic E-state index is 0.0697. The maximum absolute atomic E-state index is 11.9. The molecule has 7 heteroatoms. The number of nitrogens with zero attached hydrogens (tertiary/aromatic N) is 4. The van der Waals surface area contributed by atoms with Gasteiger partial charge in [0, 0.05) is 20.6 Å². The Morgan fingerprint density at radius 2 is 1.96 bits per heavy atom. The first-order valence-corrected chi connectivity index (χ1v) is 9.85. The third kappa shape index (κ3) is 4.49. The molecule has 0 unspecified atom stereocenters. The van der Waals surface area contributed by atoms with E-state index in [1.165, 1.54) is 17.3 Å². The molecule has 0 aliphatic rings. The van der Waals surface area contributed by atoms with Gasteiger partial charge in [-0.1, -0.05) is 48.2 Å². The van der Waals surface area contributed by atoms with Crippen molar-refractivity contribution >= 4 is 29.0 Å². The van der Waals surface area contributed by atoms with Crippen molar-refractivity contribution in [3.8, 4) is 10.7 Å². The van der Waals surface area contributed by atoms with Crippen LogP contribution < -0.4 is 0 Å². The molecule has 130 valence electrons. The van der Waals surface area contributed by atoms with Crippen LogP contribution in [0.5, 0.6) is 0 Å². The lowest BCUT2D eigenvalue weighted by molar-refractivity contribution is -0.125. The number of thioether (sulfide) groups is 1. The van der Waals surface area contributed by atoms with Gasteiger partial charge in [-0.25, -0.2) is 0 Å². The van der Waals surface area contributed by atoms with Crippen LogP contribution in [0.2, 0.25) is 0 Å². The largest absolute Gasteiger partial charge is 0.348 e. The summed E-state index contributed by atoms with van der Waals surface area (Å²) in [6.07, 6.45) is 0.895. The zero-order valence-electron chi connectivity index (χ0n) is 14.3. The van der Waals surface area contributed by atoms with Crippen LogP contribution in [0.3, 0.4) is 0 Å². The van der Waals surface area contributed by atoms with Gasteiger partial charge in [0.1, 0.15) is 0 Å². The summed E-state index contributed by atoms with van der Waals surface area (Å²) in [5.41, 5.74) is 1.27. The van der Waals surface area contributed by atoms with Crippen molar-refractivity contribution in [3.63, 3.8) is 0 Å². The van der Waals surface area contributed by atoms with Gasteiger partial charge in [0.15, 0.2) is 11.0 Å². The molecule has 0 saturated carbocycles. The molecule has 0 fully saturated rings. The summed E-state index contributed by atoms with van der Waals surface area (Å²) in [6.45, 7) is 0.780. The summed E-state index contributed by atoms with van der Waals surface area (Å²) >= 11 is 3.09. The molecule has 3 aromatic rings. The molecule has 0 spiro atoms. The number of carbonyl (C=O) groups is 1. The number of amides is 1.